The van der Waals surface area contributed by atoms with Gasteiger partial charge in [-0.15, -0.1) is 0 Å². The SMILES string of the molecule is C1CNC2(CCSCC2)OC1. The van der Waals surface area contributed by atoms with Crippen LogP contribution in [0.5, 0.6) is 0 Å². The highest BCUT2D eigenvalue weighted by Crippen LogP contribution is 2.29. The van der Waals surface area contributed by atoms with Crippen molar-refractivity contribution in [1.82, 2.24) is 5.32 Å². The van der Waals surface area contributed by atoms with Crippen LogP contribution < -0.4 is 5.32 Å². The lowest BCUT2D eigenvalue weighted by Gasteiger charge is -2.40. The van der Waals surface area contributed by atoms with Gasteiger partial charge in [-0.3, -0.25) is 5.32 Å². The summed E-state index contributed by atoms with van der Waals surface area (Å²) < 4.78 is 5.78. The molecular formula is C8H15NOS. The van der Waals surface area contributed by atoms with Crippen molar-refractivity contribution in [3.8, 4) is 0 Å². The van der Waals surface area contributed by atoms with Crippen molar-refractivity contribution in [2.24, 2.45) is 0 Å². The Morgan fingerprint density at radius 3 is 2.73 bits per heavy atom. The number of nitrogens with one attached hydrogen (secondary N) is 1. The second kappa shape index (κ2) is 3.33. The number of hydrogen-bond donors (Lipinski definition) is 1. The minimum Gasteiger partial charge on any atom is -0.361 e. The van der Waals surface area contributed by atoms with E-state index in [4.69, 9.17) is 4.74 Å². The standard InChI is InChI=1S/C8H15NOS/c1-4-9-8(10-5-1)2-6-11-7-3-8/h9H,1-7H2. The molecular weight excluding hydrogens is 158 g/mol. The molecule has 0 aromatic carbocycles. The number of hydrogen-bond acceptors (Lipinski definition) is 3. The Kier molecular flexibility index (Phi) is 2.39. The highest BCUT2D eigenvalue weighted by atomic mass is 32.2. The van der Waals surface area contributed by atoms with Gasteiger partial charge in [0.05, 0.1) is 6.61 Å². The van der Waals surface area contributed by atoms with Gasteiger partial charge in [0.2, 0.25) is 0 Å². The lowest BCUT2D eigenvalue weighted by atomic mass is 10.1. The average molecular weight is 173 g/mol. The Morgan fingerprint density at radius 2 is 2.09 bits per heavy atom. The van der Waals surface area contributed by atoms with E-state index in [1.54, 1.807) is 0 Å². The molecule has 64 valence electrons. The molecule has 0 bridgehead atoms. The molecule has 0 aromatic heterocycles. The third kappa shape index (κ3) is 1.71. The van der Waals surface area contributed by atoms with Crippen LogP contribution >= 0.6 is 11.8 Å². The molecule has 0 amide bonds. The van der Waals surface area contributed by atoms with E-state index in [1.165, 1.54) is 30.8 Å². The van der Waals surface area contributed by atoms with E-state index < -0.39 is 0 Å². The molecule has 0 atom stereocenters. The molecule has 1 spiro atoms. The maximum atomic E-state index is 5.78. The highest BCUT2D eigenvalue weighted by molar-refractivity contribution is 7.99. The van der Waals surface area contributed by atoms with Crippen molar-refractivity contribution >= 4 is 11.8 Å². The van der Waals surface area contributed by atoms with Crippen LogP contribution in [0.4, 0.5) is 0 Å². The minimum absolute atomic E-state index is 0.0868. The van der Waals surface area contributed by atoms with E-state index in [0.29, 0.717) is 0 Å². The molecule has 2 fully saturated rings. The average Bonchev–Trinajstić information content (AvgIpc) is 2.07. The quantitative estimate of drug-likeness (QED) is 0.595. The zero-order chi connectivity index (χ0) is 7.57. The molecule has 2 nitrogen and oxygen atoms in total. The first kappa shape index (κ1) is 7.90. The van der Waals surface area contributed by atoms with Crippen LogP contribution in [0.15, 0.2) is 0 Å². The summed E-state index contributed by atoms with van der Waals surface area (Å²) in [5.74, 6) is 2.51. The summed E-state index contributed by atoms with van der Waals surface area (Å²) in [7, 11) is 0. The van der Waals surface area contributed by atoms with E-state index in [-0.39, 0.29) is 5.72 Å². The van der Waals surface area contributed by atoms with Gasteiger partial charge in [-0.2, -0.15) is 11.8 Å². The number of ether oxygens (including phenoxy) is 1. The van der Waals surface area contributed by atoms with Crippen LogP contribution in [0.1, 0.15) is 19.3 Å². The summed E-state index contributed by atoms with van der Waals surface area (Å²) in [6.45, 7) is 2.10. The molecule has 0 aliphatic carbocycles. The Labute approximate surface area is 72.1 Å². The van der Waals surface area contributed by atoms with E-state index in [9.17, 15) is 0 Å². The summed E-state index contributed by atoms with van der Waals surface area (Å²) in [4.78, 5) is 0. The Hall–Kier alpha value is 0.270. The first-order chi connectivity index (χ1) is 5.41. The van der Waals surface area contributed by atoms with Crippen LogP contribution in [-0.2, 0) is 4.74 Å². The van der Waals surface area contributed by atoms with Crippen molar-refractivity contribution in [2.45, 2.75) is 25.0 Å². The Morgan fingerprint density at radius 1 is 1.27 bits per heavy atom. The summed E-state index contributed by atoms with van der Waals surface area (Å²) in [5.41, 5.74) is 0.0868. The van der Waals surface area contributed by atoms with Crippen LogP contribution in [0.25, 0.3) is 0 Å². The normalized spacial score (nSPS) is 30.5. The predicted molar refractivity (Wildman–Crippen MR) is 47.9 cm³/mol. The smallest absolute Gasteiger partial charge is 0.120 e. The van der Waals surface area contributed by atoms with Crippen molar-refractivity contribution < 1.29 is 4.74 Å². The van der Waals surface area contributed by atoms with Crippen molar-refractivity contribution in [3.05, 3.63) is 0 Å². The molecule has 2 saturated heterocycles. The molecule has 3 heteroatoms. The third-order valence-corrected chi connectivity index (χ3v) is 3.43. The summed E-state index contributed by atoms with van der Waals surface area (Å²) in [6.07, 6.45) is 3.56. The van der Waals surface area contributed by atoms with Crippen LogP contribution in [0.2, 0.25) is 0 Å². The van der Waals surface area contributed by atoms with Gasteiger partial charge >= 0.3 is 0 Å². The highest BCUT2D eigenvalue weighted by Gasteiger charge is 2.34. The van der Waals surface area contributed by atoms with Gasteiger partial charge in [0.15, 0.2) is 0 Å². The maximum absolute atomic E-state index is 5.78. The van der Waals surface area contributed by atoms with Crippen molar-refractivity contribution in [2.75, 3.05) is 24.7 Å². The van der Waals surface area contributed by atoms with Gasteiger partial charge < -0.3 is 4.74 Å². The molecule has 2 rings (SSSR count). The van der Waals surface area contributed by atoms with E-state index in [1.807, 2.05) is 11.8 Å². The fourth-order valence-electron chi connectivity index (χ4n) is 1.73. The van der Waals surface area contributed by atoms with Gasteiger partial charge in [0, 0.05) is 0 Å². The fourth-order valence-corrected chi connectivity index (χ4v) is 2.88. The van der Waals surface area contributed by atoms with Crippen molar-refractivity contribution in [1.29, 1.82) is 0 Å². The second-order valence-electron chi connectivity index (χ2n) is 3.24. The largest absolute Gasteiger partial charge is 0.361 e. The topological polar surface area (TPSA) is 21.3 Å². The Balaban J connectivity index is 1.94. The molecule has 2 heterocycles. The number of thioether (sulfide) groups is 1. The molecule has 0 aromatic rings. The zero-order valence-electron chi connectivity index (χ0n) is 6.77. The molecule has 0 radical (unpaired) electrons. The lowest BCUT2D eigenvalue weighted by molar-refractivity contribution is -0.0997. The zero-order valence-corrected chi connectivity index (χ0v) is 7.58. The molecule has 1 N–H and O–H groups in total. The molecule has 2 aliphatic heterocycles. The van der Waals surface area contributed by atoms with Crippen molar-refractivity contribution in [3.63, 3.8) is 0 Å². The first-order valence-electron chi connectivity index (χ1n) is 4.38. The maximum Gasteiger partial charge on any atom is 0.120 e. The third-order valence-electron chi connectivity index (χ3n) is 2.45. The first-order valence-corrected chi connectivity index (χ1v) is 5.54. The van der Waals surface area contributed by atoms with Crippen LogP contribution in [0, 0.1) is 0 Å². The van der Waals surface area contributed by atoms with Crippen LogP contribution in [0.3, 0.4) is 0 Å². The minimum atomic E-state index is 0.0868. The van der Waals surface area contributed by atoms with Crippen LogP contribution in [-0.4, -0.2) is 30.4 Å². The van der Waals surface area contributed by atoms with E-state index in [2.05, 4.69) is 5.32 Å². The second-order valence-corrected chi connectivity index (χ2v) is 4.46. The van der Waals surface area contributed by atoms with E-state index in [0.717, 1.165) is 13.2 Å². The lowest BCUT2D eigenvalue weighted by Crippen LogP contribution is -2.53. The van der Waals surface area contributed by atoms with Gasteiger partial charge in [0.25, 0.3) is 0 Å². The summed E-state index contributed by atoms with van der Waals surface area (Å²) in [5, 5.41) is 3.50. The summed E-state index contributed by atoms with van der Waals surface area (Å²) >= 11 is 2.04. The monoisotopic (exact) mass is 173 g/mol. The van der Waals surface area contributed by atoms with Gasteiger partial charge in [0.1, 0.15) is 5.72 Å². The predicted octanol–water partition coefficient (Wildman–Crippen LogP) is 1.22. The van der Waals surface area contributed by atoms with Gasteiger partial charge in [-0.1, -0.05) is 0 Å². The van der Waals surface area contributed by atoms with Gasteiger partial charge in [-0.25, -0.2) is 0 Å². The fraction of sp³-hybridized carbons (Fsp3) is 1.00. The Bertz CT molecular complexity index is 109. The number of rotatable bonds is 0. The van der Waals surface area contributed by atoms with E-state index >= 15 is 0 Å². The summed E-state index contributed by atoms with van der Waals surface area (Å²) in [6, 6.07) is 0. The molecule has 11 heavy (non-hydrogen) atoms. The van der Waals surface area contributed by atoms with Gasteiger partial charge in [-0.05, 0) is 37.3 Å². The molecule has 0 saturated carbocycles. The molecule has 0 unspecified atom stereocenters. The molecule has 2 aliphatic rings.